The Morgan fingerprint density at radius 1 is 1.23 bits per heavy atom. The van der Waals surface area contributed by atoms with Gasteiger partial charge in [-0.25, -0.2) is 14.2 Å². The molecule has 0 saturated carbocycles. The first-order chi connectivity index (χ1) is 19.2. The van der Waals surface area contributed by atoms with E-state index in [2.05, 4.69) is 20.9 Å². The van der Waals surface area contributed by atoms with E-state index in [0.29, 0.717) is 27.8 Å². The molecule has 10 heteroatoms. The van der Waals surface area contributed by atoms with Gasteiger partial charge in [-0.2, -0.15) is 0 Å². The number of rotatable bonds is 6. The Morgan fingerprint density at radius 3 is 2.73 bits per heavy atom. The van der Waals surface area contributed by atoms with Gasteiger partial charge in [0, 0.05) is 41.2 Å². The number of para-hydroxylation sites is 1. The van der Waals surface area contributed by atoms with Crippen molar-refractivity contribution >= 4 is 28.9 Å². The van der Waals surface area contributed by atoms with Crippen LogP contribution in [0.2, 0.25) is 5.02 Å². The molecular weight excluding hydrogens is 553 g/mol. The number of aromatic nitrogens is 2. The largest absolute Gasteiger partial charge is 0.476 e. The lowest BCUT2D eigenvalue weighted by Gasteiger charge is -2.32. The second kappa shape index (κ2) is 10.5. The minimum Gasteiger partial charge on any atom is -0.476 e. The highest BCUT2D eigenvalue weighted by atomic mass is 35.5. The molecule has 4 aromatic rings. The van der Waals surface area contributed by atoms with E-state index >= 15 is 0 Å². The van der Waals surface area contributed by atoms with Crippen LogP contribution in [0.25, 0.3) is 11.3 Å². The average molecular weight is 580 g/mol. The van der Waals surface area contributed by atoms with Gasteiger partial charge in [-0.3, -0.25) is 9.88 Å². The zero-order valence-corrected chi connectivity index (χ0v) is 23.6. The van der Waals surface area contributed by atoms with Crippen LogP contribution >= 0.6 is 22.9 Å². The maximum Gasteiger partial charge on any atom is 0.365 e. The first kappa shape index (κ1) is 26.7. The molecule has 0 unspecified atom stereocenters. The molecular formula is C30H27ClFN3O4S. The number of fused-ring (bicyclic) bond motifs is 1. The average Bonchev–Trinajstić information content (AvgIpc) is 3.55. The minimum absolute atomic E-state index is 0.0717. The fraction of sp³-hybridized carbons (Fsp3) is 0.300. The zero-order chi connectivity index (χ0) is 28.0. The third kappa shape index (κ3) is 5.05. The summed E-state index contributed by atoms with van der Waals surface area (Å²) in [7, 11) is 0. The molecule has 1 N–H and O–H groups in total. The van der Waals surface area contributed by atoms with Gasteiger partial charge >= 0.3 is 5.97 Å². The Balaban J connectivity index is 1.12. The van der Waals surface area contributed by atoms with Crippen molar-refractivity contribution in [1.82, 2.24) is 14.9 Å². The lowest BCUT2D eigenvalue weighted by molar-refractivity contribution is -0.0712. The van der Waals surface area contributed by atoms with Crippen LogP contribution in [0, 0.1) is 12.7 Å². The van der Waals surface area contributed by atoms with E-state index in [1.807, 2.05) is 25.1 Å². The van der Waals surface area contributed by atoms with E-state index in [1.165, 1.54) is 6.07 Å². The number of piperidine rings is 1. The van der Waals surface area contributed by atoms with E-state index in [9.17, 15) is 9.18 Å². The summed E-state index contributed by atoms with van der Waals surface area (Å²) in [4.78, 5) is 22.4. The number of likely N-dealkylation sites (tertiary alicyclic amines) is 1. The van der Waals surface area contributed by atoms with Crippen molar-refractivity contribution in [3.8, 4) is 22.8 Å². The molecule has 0 radical (unpaired) electrons. The molecule has 1 fully saturated rings. The quantitative estimate of drug-likeness (QED) is 0.262. The number of hydrogen-bond acceptors (Lipinski definition) is 7. The van der Waals surface area contributed by atoms with Gasteiger partial charge in [-0.15, -0.1) is 11.3 Å². The van der Waals surface area contributed by atoms with Gasteiger partial charge in [-0.1, -0.05) is 23.7 Å². The van der Waals surface area contributed by atoms with Crippen LogP contribution < -0.4 is 9.47 Å². The molecule has 4 heterocycles. The van der Waals surface area contributed by atoms with E-state index in [4.69, 9.17) is 26.2 Å². The van der Waals surface area contributed by atoms with Crippen LogP contribution in [0.4, 0.5) is 4.39 Å². The third-order valence-electron chi connectivity index (χ3n) is 7.60. The van der Waals surface area contributed by atoms with Crippen molar-refractivity contribution in [1.29, 1.82) is 0 Å². The van der Waals surface area contributed by atoms with Crippen molar-refractivity contribution in [2.45, 2.75) is 44.9 Å². The van der Waals surface area contributed by atoms with Gasteiger partial charge in [0.05, 0.1) is 17.0 Å². The smallest absolute Gasteiger partial charge is 0.365 e. The molecule has 1 atom stereocenters. The Kier molecular flexibility index (Phi) is 6.98. The number of halogens is 2. The maximum absolute atomic E-state index is 14.7. The zero-order valence-electron chi connectivity index (χ0n) is 22.0. The van der Waals surface area contributed by atoms with Crippen LogP contribution in [-0.2, 0) is 12.3 Å². The summed E-state index contributed by atoms with van der Waals surface area (Å²) in [5.41, 5.74) is 4.87. The van der Waals surface area contributed by atoms with E-state index in [1.54, 1.807) is 30.6 Å². The van der Waals surface area contributed by atoms with Crippen LogP contribution in [0.1, 0.15) is 57.9 Å². The highest BCUT2D eigenvalue weighted by molar-refractivity contribution is 7.11. The Hall–Kier alpha value is -3.53. The normalized spacial score (nSPS) is 19.2. The van der Waals surface area contributed by atoms with Crippen LogP contribution in [-0.4, -0.2) is 39.0 Å². The topological polar surface area (TPSA) is 84.8 Å². The van der Waals surface area contributed by atoms with Crippen molar-refractivity contribution in [3.63, 3.8) is 0 Å². The highest BCUT2D eigenvalue weighted by Gasteiger charge is 2.43. The molecule has 2 aromatic carbocycles. The highest BCUT2D eigenvalue weighted by Crippen LogP contribution is 2.49. The molecule has 2 aromatic heterocycles. The molecule has 6 rings (SSSR count). The number of benzene rings is 2. The van der Waals surface area contributed by atoms with Gasteiger partial charge < -0.3 is 14.6 Å². The number of thiazole rings is 1. The molecule has 2 aliphatic rings. The number of aryl methyl sites for hydroxylation is 1. The van der Waals surface area contributed by atoms with Crippen molar-refractivity contribution in [2.24, 2.45) is 0 Å². The van der Waals surface area contributed by atoms with Crippen molar-refractivity contribution in [3.05, 3.63) is 92.3 Å². The molecule has 0 aliphatic carbocycles. The van der Waals surface area contributed by atoms with Crippen molar-refractivity contribution in [2.75, 3.05) is 13.1 Å². The number of aromatic carboxylic acids is 1. The number of nitrogens with zero attached hydrogens (tertiary/aromatic N) is 3. The van der Waals surface area contributed by atoms with Gasteiger partial charge in [0.15, 0.2) is 11.5 Å². The predicted molar refractivity (Wildman–Crippen MR) is 151 cm³/mol. The monoisotopic (exact) mass is 579 g/mol. The van der Waals surface area contributed by atoms with Crippen LogP contribution in [0.15, 0.2) is 54.0 Å². The molecule has 0 bridgehead atoms. The summed E-state index contributed by atoms with van der Waals surface area (Å²) in [6.07, 6.45) is 3.65. The Morgan fingerprint density at radius 2 is 2.02 bits per heavy atom. The van der Waals surface area contributed by atoms with Gasteiger partial charge in [0.25, 0.3) is 5.79 Å². The van der Waals surface area contributed by atoms with Gasteiger partial charge in [-0.05, 0) is 74.7 Å². The maximum atomic E-state index is 14.7. The Labute approximate surface area is 240 Å². The number of carbonyl (C=O) groups is 1. The van der Waals surface area contributed by atoms with Gasteiger partial charge in [0.1, 0.15) is 5.82 Å². The lowest BCUT2D eigenvalue weighted by Crippen LogP contribution is -2.34. The molecule has 2 aliphatic heterocycles. The van der Waals surface area contributed by atoms with E-state index < -0.39 is 17.6 Å². The molecule has 206 valence electrons. The summed E-state index contributed by atoms with van der Waals surface area (Å²) >= 11 is 7.06. The summed E-state index contributed by atoms with van der Waals surface area (Å²) in [5, 5.41) is 11.3. The molecule has 7 nitrogen and oxygen atoms in total. The molecule has 40 heavy (non-hydrogen) atoms. The van der Waals surface area contributed by atoms with Crippen molar-refractivity contribution < 1.29 is 23.8 Å². The Bertz CT molecular complexity index is 1600. The van der Waals surface area contributed by atoms with E-state index in [0.717, 1.165) is 66.2 Å². The molecule has 0 amide bonds. The standard InChI is InChI=1S/C30H27ClFN3O4S/c1-17-12-19(25-16-40-28(34-25)29(36)37)14-33-24(17)15-35-10-8-18(9-11-35)21-4-3-5-26-27(21)39-30(2,38-26)22-7-6-20(31)13-23(22)32/h3-7,12-14,16,18H,8-11,15H2,1-2H3,(H,36,37)/t30-/m0/s1. The number of hydrogen-bond donors (Lipinski definition) is 1. The van der Waals surface area contributed by atoms with Crippen LogP contribution in [0.3, 0.4) is 0 Å². The summed E-state index contributed by atoms with van der Waals surface area (Å²) in [6, 6.07) is 12.4. The minimum atomic E-state index is -1.27. The second-order valence-electron chi connectivity index (χ2n) is 10.3. The SMILES string of the molecule is Cc1cc(-c2csc(C(=O)O)n2)cnc1CN1CCC(c2cccc3c2O[C@@](C)(c2ccc(Cl)cc2F)O3)CC1. The number of pyridine rings is 1. The number of carboxylic acid groups (broad SMARTS) is 1. The first-order valence-corrected chi connectivity index (χ1v) is 14.3. The molecule has 1 saturated heterocycles. The number of ether oxygens (including phenoxy) is 2. The number of carboxylic acids is 1. The second-order valence-corrected chi connectivity index (χ2v) is 11.6. The fourth-order valence-electron chi connectivity index (χ4n) is 5.46. The molecule has 0 spiro atoms. The summed E-state index contributed by atoms with van der Waals surface area (Å²) in [6.45, 7) is 6.28. The first-order valence-electron chi connectivity index (χ1n) is 13.0. The lowest BCUT2D eigenvalue weighted by atomic mass is 9.88. The van der Waals surface area contributed by atoms with E-state index in [-0.39, 0.29) is 10.9 Å². The van der Waals surface area contributed by atoms with Crippen LogP contribution in [0.5, 0.6) is 11.5 Å². The van der Waals surface area contributed by atoms with Gasteiger partial charge in [0.2, 0.25) is 5.01 Å². The predicted octanol–water partition coefficient (Wildman–Crippen LogP) is 7.03. The third-order valence-corrected chi connectivity index (χ3v) is 8.67. The fourth-order valence-corrected chi connectivity index (χ4v) is 6.29. The summed E-state index contributed by atoms with van der Waals surface area (Å²) in [5.74, 6) is -1.17. The summed E-state index contributed by atoms with van der Waals surface area (Å²) < 4.78 is 27.2.